The van der Waals surface area contributed by atoms with E-state index in [9.17, 15) is 4.79 Å². The molecule has 3 aromatic rings. The molecule has 2 N–H and O–H groups in total. The average molecular weight is 473 g/mol. The Bertz CT molecular complexity index is 1180. The predicted octanol–water partition coefficient (Wildman–Crippen LogP) is 4.85. The Kier molecular flexibility index (Phi) is 6.75. The first kappa shape index (κ1) is 23.4. The number of carbonyl (C=O) groups is 1. The monoisotopic (exact) mass is 472 g/mol. The largest absolute Gasteiger partial charge is 0.488 e. The highest BCUT2D eigenvalue weighted by Crippen LogP contribution is 2.42. The van der Waals surface area contributed by atoms with E-state index in [0.717, 1.165) is 60.5 Å². The zero-order chi connectivity index (χ0) is 24.3. The van der Waals surface area contributed by atoms with E-state index in [0.29, 0.717) is 24.2 Å². The lowest BCUT2D eigenvalue weighted by Gasteiger charge is -2.48. The number of rotatable bonds is 9. The van der Waals surface area contributed by atoms with E-state index < -0.39 is 0 Å². The number of para-hydroxylation sites is 1. The van der Waals surface area contributed by atoms with E-state index in [1.807, 2.05) is 31.2 Å². The minimum Gasteiger partial charge on any atom is -0.488 e. The highest BCUT2D eigenvalue weighted by Gasteiger charge is 2.45. The van der Waals surface area contributed by atoms with Crippen LogP contribution in [0.1, 0.15) is 36.1 Å². The first-order chi connectivity index (χ1) is 17.0. The van der Waals surface area contributed by atoms with Crippen LogP contribution in [0.5, 0.6) is 5.75 Å². The summed E-state index contributed by atoms with van der Waals surface area (Å²) in [6.07, 6.45) is 1.13. The van der Waals surface area contributed by atoms with Crippen LogP contribution >= 0.6 is 0 Å². The molecule has 2 aliphatic rings. The number of anilines is 1. The molecule has 6 nitrogen and oxygen atoms in total. The molecule has 6 heteroatoms. The van der Waals surface area contributed by atoms with Crippen molar-refractivity contribution in [2.24, 2.45) is 11.1 Å². The van der Waals surface area contributed by atoms with Crippen LogP contribution in [-0.2, 0) is 27.5 Å². The summed E-state index contributed by atoms with van der Waals surface area (Å²) < 4.78 is 16.8. The molecule has 5 rings (SSSR count). The molecule has 0 amide bonds. The molecule has 3 aromatic carbocycles. The molecule has 0 saturated carbocycles. The van der Waals surface area contributed by atoms with Gasteiger partial charge in [-0.25, -0.2) is 0 Å². The van der Waals surface area contributed by atoms with Crippen LogP contribution in [0.15, 0.2) is 66.7 Å². The number of hydrogen-bond acceptors (Lipinski definition) is 6. The molecule has 2 heterocycles. The van der Waals surface area contributed by atoms with Crippen molar-refractivity contribution in [2.75, 3.05) is 31.2 Å². The third-order valence-corrected chi connectivity index (χ3v) is 7.00. The van der Waals surface area contributed by atoms with E-state index in [1.54, 1.807) is 0 Å². The van der Waals surface area contributed by atoms with Crippen LogP contribution in [-0.4, -0.2) is 32.8 Å². The van der Waals surface area contributed by atoms with Gasteiger partial charge in [-0.05, 0) is 65.9 Å². The van der Waals surface area contributed by atoms with Crippen LogP contribution in [0.2, 0.25) is 0 Å². The maximum absolute atomic E-state index is 10.7. The zero-order valence-electron chi connectivity index (χ0n) is 20.1. The summed E-state index contributed by atoms with van der Waals surface area (Å²) in [5, 5.41) is 0. The molecule has 0 aromatic heterocycles. The second-order valence-electron chi connectivity index (χ2n) is 9.76. The molecular formula is C29H32N2O4. The summed E-state index contributed by atoms with van der Waals surface area (Å²) in [6, 6.07) is 22.7. The lowest BCUT2D eigenvalue weighted by molar-refractivity contribution is -0.129. The molecule has 182 valence electrons. The van der Waals surface area contributed by atoms with Crippen LogP contribution in [0.3, 0.4) is 0 Å². The molecular weight excluding hydrogens is 440 g/mol. The highest BCUT2D eigenvalue weighted by atomic mass is 16.5. The van der Waals surface area contributed by atoms with Gasteiger partial charge >= 0.3 is 0 Å². The van der Waals surface area contributed by atoms with Gasteiger partial charge in [-0.1, -0.05) is 36.4 Å². The van der Waals surface area contributed by atoms with E-state index in [2.05, 4.69) is 47.4 Å². The van der Waals surface area contributed by atoms with Gasteiger partial charge in [0, 0.05) is 42.4 Å². The van der Waals surface area contributed by atoms with Crippen molar-refractivity contribution in [3.05, 3.63) is 83.4 Å². The average Bonchev–Trinajstić information content (AvgIpc) is 3.36. The van der Waals surface area contributed by atoms with Gasteiger partial charge in [-0.15, -0.1) is 0 Å². The Balaban J connectivity index is 1.42. The van der Waals surface area contributed by atoms with E-state index >= 15 is 0 Å². The third-order valence-electron chi connectivity index (χ3n) is 7.00. The van der Waals surface area contributed by atoms with Crippen LogP contribution in [0.25, 0.3) is 11.1 Å². The molecule has 0 aliphatic carbocycles. The predicted molar refractivity (Wildman–Crippen MR) is 136 cm³/mol. The standard InChI is InChI=1S/C29H32N2O4/c1-21(30)23-6-4-7-24(13-23)26-11-22(15-35-28-8-3-2-5-25(28)16-34-20-32)12-27(14-26)31-17-29(18-31)9-10-33-19-29/h2-8,11-14,20-21H,9-10,15-19,30H2,1H3/t21-/m0/s1. The Morgan fingerprint density at radius 1 is 1.06 bits per heavy atom. The lowest BCUT2D eigenvalue weighted by Crippen LogP contribution is -2.57. The number of ether oxygens (including phenoxy) is 3. The second kappa shape index (κ2) is 10.1. The smallest absolute Gasteiger partial charge is 0.293 e. The Hall–Kier alpha value is -3.35. The van der Waals surface area contributed by atoms with Gasteiger partial charge in [0.05, 0.1) is 6.61 Å². The minimum atomic E-state index is -0.0244. The van der Waals surface area contributed by atoms with Crippen molar-refractivity contribution in [1.29, 1.82) is 0 Å². The molecule has 1 atom stereocenters. The van der Waals surface area contributed by atoms with Crippen LogP contribution in [0.4, 0.5) is 5.69 Å². The fourth-order valence-electron chi connectivity index (χ4n) is 5.00. The second-order valence-corrected chi connectivity index (χ2v) is 9.76. The van der Waals surface area contributed by atoms with Crippen molar-refractivity contribution in [2.45, 2.75) is 32.6 Å². The Morgan fingerprint density at radius 2 is 1.91 bits per heavy atom. The van der Waals surface area contributed by atoms with Crippen LogP contribution < -0.4 is 15.4 Å². The zero-order valence-corrected chi connectivity index (χ0v) is 20.1. The van der Waals surface area contributed by atoms with Gasteiger partial charge in [-0.2, -0.15) is 0 Å². The summed E-state index contributed by atoms with van der Waals surface area (Å²) in [5.41, 5.74) is 13.0. The molecule has 0 radical (unpaired) electrons. The highest BCUT2D eigenvalue weighted by molar-refractivity contribution is 5.71. The Labute approximate surface area is 206 Å². The molecule has 2 saturated heterocycles. The number of carbonyl (C=O) groups excluding carboxylic acids is 1. The number of nitrogens with two attached hydrogens (primary N) is 1. The summed E-state index contributed by atoms with van der Waals surface area (Å²) in [5.74, 6) is 0.714. The molecule has 2 fully saturated rings. The Morgan fingerprint density at radius 3 is 2.69 bits per heavy atom. The van der Waals surface area contributed by atoms with Gasteiger partial charge in [0.25, 0.3) is 6.47 Å². The van der Waals surface area contributed by atoms with E-state index in [1.165, 1.54) is 5.69 Å². The van der Waals surface area contributed by atoms with E-state index in [-0.39, 0.29) is 12.6 Å². The normalized spacial score (nSPS) is 17.1. The SMILES string of the molecule is C[C@H](N)c1cccc(-c2cc(COc3ccccc3COC=O)cc(N3CC4(CCOC4)C3)c2)c1. The quantitative estimate of drug-likeness (QED) is 0.449. The van der Waals surface area contributed by atoms with Gasteiger partial charge in [0.15, 0.2) is 0 Å². The maximum atomic E-state index is 10.7. The summed E-state index contributed by atoms with van der Waals surface area (Å²) in [6.45, 7) is 6.81. The van der Waals surface area contributed by atoms with Gasteiger partial charge < -0.3 is 24.8 Å². The van der Waals surface area contributed by atoms with E-state index in [4.69, 9.17) is 19.9 Å². The van der Waals surface area contributed by atoms with Crippen molar-refractivity contribution in [3.8, 4) is 16.9 Å². The van der Waals surface area contributed by atoms with Gasteiger partial charge in [0.1, 0.15) is 19.0 Å². The summed E-state index contributed by atoms with van der Waals surface area (Å²) in [4.78, 5) is 13.1. The number of hydrogen-bond donors (Lipinski definition) is 1. The lowest BCUT2D eigenvalue weighted by atomic mass is 9.79. The number of nitrogens with zero attached hydrogens (tertiary/aromatic N) is 1. The first-order valence-corrected chi connectivity index (χ1v) is 12.1. The molecule has 2 aliphatic heterocycles. The third kappa shape index (κ3) is 5.19. The molecule has 35 heavy (non-hydrogen) atoms. The van der Waals surface area contributed by atoms with Gasteiger partial charge in [0.2, 0.25) is 0 Å². The molecule has 0 bridgehead atoms. The molecule has 1 spiro atoms. The maximum Gasteiger partial charge on any atom is 0.293 e. The number of benzene rings is 3. The first-order valence-electron chi connectivity index (χ1n) is 12.1. The van der Waals surface area contributed by atoms with Crippen molar-refractivity contribution >= 4 is 12.2 Å². The van der Waals surface area contributed by atoms with Gasteiger partial charge in [-0.3, -0.25) is 4.79 Å². The summed E-state index contributed by atoms with van der Waals surface area (Å²) in [7, 11) is 0. The molecule has 0 unspecified atom stereocenters. The van der Waals surface area contributed by atoms with Crippen LogP contribution in [0, 0.1) is 5.41 Å². The topological polar surface area (TPSA) is 74.0 Å². The minimum absolute atomic E-state index is 0.0244. The van der Waals surface area contributed by atoms with Crippen molar-refractivity contribution < 1.29 is 19.0 Å². The fraction of sp³-hybridized carbons (Fsp3) is 0.345. The van der Waals surface area contributed by atoms with Crippen molar-refractivity contribution in [1.82, 2.24) is 0 Å². The summed E-state index contributed by atoms with van der Waals surface area (Å²) >= 11 is 0. The fourth-order valence-corrected chi connectivity index (χ4v) is 5.00. The van der Waals surface area contributed by atoms with Crippen molar-refractivity contribution in [3.63, 3.8) is 0 Å².